The number of hydrogen-bond acceptors (Lipinski definition) is 4. The molecule has 0 saturated heterocycles. The molecule has 0 aliphatic heterocycles. The van der Waals surface area contributed by atoms with Crippen LogP contribution in [-0.4, -0.2) is 30.0 Å². The molecule has 2 N–H and O–H groups in total. The lowest BCUT2D eigenvalue weighted by atomic mass is 10.0. The van der Waals surface area contributed by atoms with E-state index < -0.39 is 23.7 Å². The zero-order valence-corrected chi connectivity index (χ0v) is 21.9. The number of carbonyl (C=O) groups is 1. The molecule has 6 rings (SSSR count). The van der Waals surface area contributed by atoms with E-state index in [1.54, 1.807) is 18.2 Å². The van der Waals surface area contributed by atoms with Crippen LogP contribution in [0.5, 0.6) is 0 Å². The number of nitriles is 1. The standard InChI is InChI=1S/C31H22F3N7O/c32-31(33,34)23-6-8-24(9-7-23)39-30(42)21-4-1-3-20(17-21)26(10-13-35)41-15-2-5-27(41)40-16-12-22(18-40)28-25-11-14-36-29(25)38-19-37-28/h1-9,11-12,14-19,26H,10H2,(H,39,42)(H,36,37,38). The number of aromatic amines is 1. The van der Waals surface area contributed by atoms with Gasteiger partial charge < -0.3 is 19.4 Å². The lowest BCUT2D eigenvalue weighted by molar-refractivity contribution is -0.137. The Morgan fingerprint density at radius 2 is 1.86 bits per heavy atom. The van der Waals surface area contributed by atoms with Crippen LogP contribution < -0.4 is 5.32 Å². The van der Waals surface area contributed by atoms with Crippen LogP contribution >= 0.6 is 0 Å². The minimum absolute atomic E-state index is 0.135. The summed E-state index contributed by atoms with van der Waals surface area (Å²) in [5, 5.41) is 13.2. The molecule has 0 fully saturated rings. The number of carbonyl (C=O) groups excluding carboxylic acids is 1. The number of alkyl halides is 3. The first-order valence-electron chi connectivity index (χ1n) is 12.9. The van der Waals surface area contributed by atoms with Crippen LogP contribution in [0.4, 0.5) is 18.9 Å². The molecule has 1 atom stereocenters. The number of fused-ring (bicyclic) bond motifs is 1. The third kappa shape index (κ3) is 5.13. The van der Waals surface area contributed by atoms with Crippen molar-refractivity contribution >= 4 is 22.6 Å². The molecule has 0 aliphatic rings. The maximum Gasteiger partial charge on any atom is 0.416 e. The largest absolute Gasteiger partial charge is 0.416 e. The van der Waals surface area contributed by atoms with E-state index in [2.05, 4.69) is 26.3 Å². The summed E-state index contributed by atoms with van der Waals surface area (Å²) in [5.41, 5.74) is 2.91. The van der Waals surface area contributed by atoms with Crippen molar-refractivity contribution in [3.8, 4) is 23.1 Å². The summed E-state index contributed by atoms with van der Waals surface area (Å²) in [6, 6.07) is 20.6. The molecule has 0 aliphatic carbocycles. The van der Waals surface area contributed by atoms with Gasteiger partial charge in [0.05, 0.1) is 29.8 Å². The van der Waals surface area contributed by atoms with Gasteiger partial charge in [0.1, 0.15) is 17.8 Å². The van der Waals surface area contributed by atoms with Crippen molar-refractivity contribution in [1.82, 2.24) is 24.1 Å². The number of aromatic nitrogens is 5. The number of nitrogens with zero attached hydrogens (tertiary/aromatic N) is 5. The molecular formula is C31H22F3N7O. The van der Waals surface area contributed by atoms with Gasteiger partial charge in [-0.15, -0.1) is 0 Å². The minimum atomic E-state index is -4.46. The molecule has 1 amide bonds. The topological polar surface area (TPSA) is 104 Å². The van der Waals surface area contributed by atoms with Gasteiger partial charge in [-0.25, -0.2) is 9.97 Å². The van der Waals surface area contributed by atoms with Gasteiger partial charge in [0.15, 0.2) is 0 Å². The molecule has 0 saturated carbocycles. The number of amides is 1. The summed E-state index contributed by atoms with van der Waals surface area (Å²) in [6.45, 7) is 0. The fourth-order valence-electron chi connectivity index (χ4n) is 4.94. The van der Waals surface area contributed by atoms with Crippen molar-refractivity contribution in [3.05, 3.63) is 121 Å². The SMILES string of the molecule is N#CCC(c1cccc(C(=O)Nc2ccc(C(F)(F)F)cc2)c1)n1cccc1-n1ccc(-c2ncnc3[nH]ccc23)c1. The molecule has 0 spiro atoms. The maximum atomic E-state index is 13.0. The predicted molar refractivity (Wildman–Crippen MR) is 151 cm³/mol. The Balaban J connectivity index is 1.28. The van der Waals surface area contributed by atoms with Gasteiger partial charge >= 0.3 is 6.18 Å². The smallest absolute Gasteiger partial charge is 0.346 e. The number of hydrogen-bond donors (Lipinski definition) is 2. The molecule has 0 radical (unpaired) electrons. The van der Waals surface area contributed by atoms with Crippen LogP contribution in [0.25, 0.3) is 28.1 Å². The van der Waals surface area contributed by atoms with Gasteiger partial charge in [-0.05, 0) is 66.2 Å². The fourth-order valence-corrected chi connectivity index (χ4v) is 4.94. The Hall–Kier alpha value is -5.63. The van der Waals surface area contributed by atoms with Crippen molar-refractivity contribution < 1.29 is 18.0 Å². The average Bonchev–Trinajstić information content (AvgIpc) is 3.76. The van der Waals surface area contributed by atoms with Crippen molar-refractivity contribution in [2.75, 3.05) is 5.32 Å². The van der Waals surface area contributed by atoms with Crippen molar-refractivity contribution in [1.29, 1.82) is 5.26 Å². The third-order valence-corrected chi connectivity index (χ3v) is 6.97. The summed E-state index contributed by atoms with van der Waals surface area (Å²) < 4.78 is 42.6. The molecule has 42 heavy (non-hydrogen) atoms. The van der Waals surface area contributed by atoms with Gasteiger partial charge in [0.2, 0.25) is 0 Å². The van der Waals surface area contributed by atoms with E-state index >= 15 is 0 Å². The Morgan fingerprint density at radius 3 is 2.64 bits per heavy atom. The Bertz CT molecular complexity index is 1930. The number of nitrogens with one attached hydrogen (secondary N) is 2. The van der Waals surface area contributed by atoms with E-state index in [4.69, 9.17) is 0 Å². The van der Waals surface area contributed by atoms with Gasteiger partial charge in [-0.3, -0.25) is 4.79 Å². The highest BCUT2D eigenvalue weighted by Crippen LogP contribution is 2.31. The second-order valence-corrected chi connectivity index (χ2v) is 9.58. The molecule has 6 aromatic rings. The van der Waals surface area contributed by atoms with E-state index in [9.17, 15) is 23.2 Å². The first-order valence-corrected chi connectivity index (χ1v) is 12.9. The summed E-state index contributed by atoms with van der Waals surface area (Å²) in [4.78, 5) is 24.8. The Labute approximate surface area is 237 Å². The van der Waals surface area contributed by atoms with E-state index in [1.807, 2.05) is 64.3 Å². The fraction of sp³-hybridized carbons (Fsp3) is 0.0968. The lowest BCUT2D eigenvalue weighted by Gasteiger charge is -2.21. The summed E-state index contributed by atoms with van der Waals surface area (Å²) >= 11 is 0. The Morgan fingerprint density at radius 1 is 1.02 bits per heavy atom. The van der Waals surface area contributed by atoms with Crippen LogP contribution in [0.3, 0.4) is 0 Å². The number of H-pyrrole nitrogens is 1. The van der Waals surface area contributed by atoms with Crippen molar-refractivity contribution in [3.63, 3.8) is 0 Å². The van der Waals surface area contributed by atoms with Crippen molar-refractivity contribution in [2.45, 2.75) is 18.6 Å². The minimum Gasteiger partial charge on any atom is -0.346 e. The molecular weight excluding hydrogens is 543 g/mol. The van der Waals surface area contributed by atoms with Crippen LogP contribution in [0, 0.1) is 11.3 Å². The van der Waals surface area contributed by atoms with Crippen LogP contribution in [0.15, 0.2) is 104 Å². The van der Waals surface area contributed by atoms with Crippen LogP contribution in [-0.2, 0) is 6.18 Å². The lowest BCUT2D eigenvalue weighted by Crippen LogP contribution is -2.16. The molecule has 4 heterocycles. The monoisotopic (exact) mass is 565 g/mol. The molecule has 8 nitrogen and oxygen atoms in total. The molecule has 1 unspecified atom stereocenters. The van der Waals surface area contributed by atoms with Gasteiger partial charge in [-0.1, -0.05) is 12.1 Å². The number of benzene rings is 2. The Kier molecular flexibility index (Phi) is 6.80. The van der Waals surface area contributed by atoms with Gasteiger partial charge in [-0.2, -0.15) is 18.4 Å². The summed E-state index contributed by atoms with van der Waals surface area (Å²) in [6.07, 6.45) is 4.75. The molecule has 4 aromatic heterocycles. The third-order valence-electron chi connectivity index (χ3n) is 6.97. The zero-order chi connectivity index (χ0) is 29.3. The second-order valence-electron chi connectivity index (χ2n) is 9.58. The zero-order valence-electron chi connectivity index (χ0n) is 21.9. The molecule has 11 heteroatoms. The molecule has 2 aromatic carbocycles. The molecule has 0 bridgehead atoms. The number of anilines is 1. The highest BCUT2D eigenvalue weighted by molar-refractivity contribution is 6.04. The average molecular weight is 566 g/mol. The normalized spacial score (nSPS) is 12.2. The van der Waals surface area contributed by atoms with E-state index in [-0.39, 0.29) is 12.1 Å². The van der Waals surface area contributed by atoms with E-state index in [0.29, 0.717) is 5.56 Å². The first kappa shape index (κ1) is 26.6. The highest BCUT2D eigenvalue weighted by Gasteiger charge is 2.30. The van der Waals surface area contributed by atoms with Gasteiger partial charge in [0.25, 0.3) is 5.91 Å². The van der Waals surface area contributed by atoms with Crippen LogP contribution in [0.2, 0.25) is 0 Å². The molecule has 208 valence electrons. The summed E-state index contributed by atoms with van der Waals surface area (Å²) in [7, 11) is 0. The van der Waals surface area contributed by atoms with E-state index in [0.717, 1.165) is 45.8 Å². The summed E-state index contributed by atoms with van der Waals surface area (Å²) in [5.74, 6) is 0.330. The highest BCUT2D eigenvalue weighted by atomic mass is 19.4. The number of halogens is 3. The maximum absolute atomic E-state index is 13.0. The van der Waals surface area contributed by atoms with Crippen LogP contribution in [0.1, 0.15) is 33.9 Å². The van der Waals surface area contributed by atoms with E-state index in [1.165, 1.54) is 18.5 Å². The predicted octanol–water partition coefficient (Wildman–Crippen LogP) is 6.99. The first-order chi connectivity index (χ1) is 20.3. The van der Waals surface area contributed by atoms with Crippen molar-refractivity contribution in [2.24, 2.45) is 0 Å². The number of rotatable bonds is 7. The second kappa shape index (κ2) is 10.7. The van der Waals surface area contributed by atoms with Gasteiger partial charge in [0, 0.05) is 47.0 Å². The quantitative estimate of drug-likeness (QED) is 0.218.